The molecule has 0 saturated carbocycles. The molecule has 0 unspecified atom stereocenters. The second-order valence-corrected chi connectivity index (χ2v) is 16.2. The van der Waals surface area contributed by atoms with Gasteiger partial charge in [-0.2, -0.15) is 0 Å². The fraction of sp³-hybridized carbons (Fsp3) is 0. The van der Waals surface area contributed by atoms with Crippen molar-refractivity contribution in [3.05, 3.63) is 243 Å². The van der Waals surface area contributed by atoms with Gasteiger partial charge in [0.25, 0.3) is 0 Å². The molecule has 0 saturated heterocycles. The first-order chi connectivity index (χ1) is 31.2. The maximum atomic E-state index is 6.26. The lowest BCUT2D eigenvalue weighted by molar-refractivity contribution is 0.669. The molecule has 0 fully saturated rings. The van der Waals surface area contributed by atoms with Crippen LogP contribution < -0.4 is 4.90 Å². The van der Waals surface area contributed by atoms with Crippen molar-refractivity contribution in [3.8, 4) is 50.2 Å². The van der Waals surface area contributed by atoms with E-state index in [1.807, 2.05) is 12.1 Å². The van der Waals surface area contributed by atoms with Crippen LogP contribution in [0.2, 0.25) is 0 Å². The van der Waals surface area contributed by atoms with Gasteiger partial charge < -0.3 is 13.9 Å². The highest BCUT2D eigenvalue weighted by Gasteiger charge is 2.17. The van der Waals surface area contributed by atoms with E-state index >= 15 is 0 Å². The molecule has 0 aliphatic heterocycles. The van der Waals surface area contributed by atoms with Crippen LogP contribution in [0.25, 0.3) is 93.9 Å². The minimum absolute atomic E-state index is 0.897. The molecule has 3 nitrogen and oxygen atoms in total. The van der Waals surface area contributed by atoms with Gasteiger partial charge in [-0.15, -0.1) is 0 Å². The van der Waals surface area contributed by atoms with E-state index in [1.165, 1.54) is 44.1 Å². The normalized spacial score (nSPS) is 11.5. The zero-order chi connectivity index (χ0) is 41.7. The summed E-state index contributed by atoms with van der Waals surface area (Å²) < 4.78 is 8.64. The van der Waals surface area contributed by atoms with Crippen LogP contribution in [0.5, 0.6) is 0 Å². The largest absolute Gasteiger partial charge is 0.456 e. The Morgan fingerprint density at radius 1 is 0.270 bits per heavy atom. The number of para-hydroxylation sites is 3. The summed E-state index contributed by atoms with van der Waals surface area (Å²) in [5.74, 6) is 0. The van der Waals surface area contributed by atoms with Crippen LogP contribution in [0.4, 0.5) is 17.1 Å². The molecule has 0 aliphatic carbocycles. The quantitative estimate of drug-likeness (QED) is 0.153. The first-order valence-electron chi connectivity index (χ1n) is 21.5. The predicted molar refractivity (Wildman–Crippen MR) is 264 cm³/mol. The van der Waals surface area contributed by atoms with E-state index in [0.717, 1.165) is 66.9 Å². The van der Waals surface area contributed by atoms with E-state index in [4.69, 9.17) is 4.42 Å². The fourth-order valence-corrected chi connectivity index (χ4v) is 9.32. The summed E-state index contributed by atoms with van der Waals surface area (Å²) in [7, 11) is 0. The van der Waals surface area contributed by atoms with Gasteiger partial charge in [0.05, 0.1) is 11.0 Å². The summed E-state index contributed by atoms with van der Waals surface area (Å²) in [6.45, 7) is 0. The SMILES string of the molecule is c1ccc(-c2cccc(-c3cccc(N(c4ccc(-c5cccc(-n6c7ccccc7c7ccccc76)c5)cc4)c4ccc(-c5ccc6c(c5)oc5ccccc56)cc4)c3)c2)cc1. The van der Waals surface area contributed by atoms with Gasteiger partial charge in [0.1, 0.15) is 11.2 Å². The minimum atomic E-state index is 0.897. The Morgan fingerprint density at radius 2 is 0.730 bits per heavy atom. The van der Waals surface area contributed by atoms with Gasteiger partial charge in [0, 0.05) is 44.3 Å². The molecular weight excluding hydrogens is 765 g/mol. The van der Waals surface area contributed by atoms with Crippen LogP contribution in [-0.2, 0) is 0 Å². The number of benzene rings is 10. The van der Waals surface area contributed by atoms with Crippen LogP contribution >= 0.6 is 0 Å². The molecule has 0 amide bonds. The Bertz CT molecular complexity index is 3560. The van der Waals surface area contributed by atoms with Gasteiger partial charge in [-0.25, -0.2) is 0 Å². The molecule has 12 aromatic rings. The van der Waals surface area contributed by atoms with Crippen molar-refractivity contribution in [2.45, 2.75) is 0 Å². The van der Waals surface area contributed by atoms with Gasteiger partial charge in [-0.3, -0.25) is 0 Å². The Balaban J connectivity index is 0.928. The Kier molecular flexibility index (Phi) is 8.83. The van der Waals surface area contributed by atoms with E-state index < -0.39 is 0 Å². The third-order valence-corrected chi connectivity index (χ3v) is 12.4. The van der Waals surface area contributed by atoms with Gasteiger partial charge in [0.2, 0.25) is 0 Å². The van der Waals surface area contributed by atoms with Crippen molar-refractivity contribution >= 4 is 60.8 Å². The van der Waals surface area contributed by atoms with E-state index in [9.17, 15) is 0 Å². The smallest absolute Gasteiger partial charge is 0.136 e. The Morgan fingerprint density at radius 3 is 1.41 bits per heavy atom. The van der Waals surface area contributed by atoms with E-state index in [1.54, 1.807) is 0 Å². The summed E-state index contributed by atoms with van der Waals surface area (Å²) in [6, 6.07) is 87.2. The molecule has 0 radical (unpaired) electrons. The van der Waals surface area contributed by atoms with Crippen LogP contribution in [0.3, 0.4) is 0 Å². The number of nitrogens with zero attached hydrogens (tertiary/aromatic N) is 2. The molecule has 0 aliphatic rings. The molecule has 0 N–H and O–H groups in total. The van der Waals surface area contributed by atoms with Gasteiger partial charge in [-0.1, -0.05) is 158 Å². The number of hydrogen-bond donors (Lipinski definition) is 0. The van der Waals surface area contributed by atoms with Crippen LogP contribution in [0.15, 0.2) is 247 Å². The average molecular weight is 805 g/mol. The molecule has 10 aromatic carbocycles. The maximum Gasteiger partial charge on any atom is 0.136 e. The molecule has 296 valence electrons. The first-order valence-corrected chi connectivity index (χ1v) is 21.5. The summed E-state index contributed by atoms with van der Waals surface area (Å²) in [6.07, 6.45) is 0. The highest BCUT2D eigenvalue weighted by molar-refractivity contribution is 6.09. The summed E-state index contributed by atoms with van der Waals surface area (Å²) >= 11 is 0. The summed E-state index contributed by atoms with van der Waals surface area (Å²) in [5.41, 5.74) is 17.9. The third-order valence-electron chi connectivity index (χ3n) is 12.4. The number of furan rings is 1. The molecular formula is C60H40N2O. The molecule has 63 heavy (non-hydrogen) atoms. The zero-order valence-corrected chi connectivity index (χ0v) is 34.4. The molecule has 0 atom stereocenters. The van der Waals surface area contributed by atoms with Crippen LogP contribution in [0, 0.1) is 0 Å². The number of fused-ring (bicyclic) bond motifs is 6. The van der Waals surface area contributed by atoms with Gasteiger partial charge in [0.15, 0.2) is 0 Å². The fourth-order valence-electron chi connectivity index (χ4n) is 9.32. The van der Waals surface area contributed by atoms with Crippen molar-refractivity contribution in [1.29, 1.82) is 0 Å². The van der Waals surface area contributed by atoms with Crippen molar-refractivity contribution < 1.29 is 4.42 Å². The molecule has 0 spiro atoms. The van der Waals surface area contributed by atoms with E-state index in [-0.39, 0.29) is 0 Å². The number of rotatable bonds is 8. The second-order valence-electron chi connectivity index (χ2n) is 16.2. The lowest BCUT2D eigenvalue weighted by Gasteiger charge is -2.26. The molecule has 12 rings (SSSR count). The lowest BCUT2D eigenvalue weighted by Crippen LogP contribution is -2.10. The Hall–Kier alpha value is -8.40. The van der Waals surface area contributed by atoms with Gasteiger partial charge in [-0.05, 0) is 129 Å². The number of anilines is 3. The standard InChI is InChI=1S/C60H40N2O/c1-2-13-41(14-3-1)44-15-10-16-45(37-44)47-18-12-19-51(39-47)61(50-34-29-43(30-35-50)48-31-36-56-55-23-6-9-26-59(55)63-60(56)40-48)49-32-27-42(28-33-49)46-17-11-20-52(38-46)62-57-24-7-4-21-53(57)54-22-5-8-25-58(54)62/h1-40H. The van der Waals surface area contributed by atoms with Crippen LogP contribution in [0.1, 0.15) is 0 Å². The molecule has 0 bridgehead atoms. The predicted octanol–water partition coefficient (Wildman–Crippen LogP) is 16.8. The highest BCUT2D eigenvalue weighted by atomic mass is 16.3. The summed E-state index contributed by atoms with van der Waals surface area (Å²) in [4.78, 5) is 2.36. The number of hydrogen-bond acceptors (Lipinski definition) is 2. The van der Waals surface area contributed by atoms with E-state index in [0.29, 0.717) is 0 Å². The van der Waals surface area contributed by atoms with Crippen molar-refractivity contribution in [1.82, 2.24) is 4.57 Å². The highest BCUT2D eigenvalue weighted by Crippen LogP contribution is 2.40. The maximum absolute atomic E-state index is 6.26. The monoisotopic (exact) mass is 804 g/mol. The molecule has 2 heterocycles. The Labute approximate surface area is 366 Å². The third kappa shape index (κ3) is 6.55. The minimum Gasteiger partial charge on any atom is -0.456 e. The molecule has 2 aromatic heterocycles. The average Bonchev–Trinajstić information content (AvgIpc) is 3.91. The van der Waals surface area contributed by atoms with E-state index in [2.05, 4.69) is 240 Å². The second kappa shape index (κ2) is 15.3. The van der Waals surface area contributed by atoms with Crippen LogP contribution in [-0.4, -0.2) is 4.57 Å². The van der Waals surface area contributed by atoms with Crippen molar-refractivity contribution in [2.24, 2.45) is 0 Å². The van der Waals surface area contributed by atoms with Crippen molar-refractivity contribution in [3.63, 3.8) is 0 Å². The lowest BCUT2D eigenvalue weighted by atomic mass is 9.98. The zero-order valence-electron chi connectivity index (χ0n) is 34.4. The topological polar surface area (TPSA) is 21.3 Å². The first kappa shape index (κ1) is 36.5. The number of aromatic nitrogens is 1. The van der Waals surface area contributed by atoms with Crippen molar-refractivity contribution in [2.75, 3.05) is 4.90 Å². The van der Waals surface area contributed by atoms with Gasteiger partial charge >= 0.3 is 0 Å². The summed E-state index contributed by atoms with van der Waals surface area (Å²) in [5, 5.41) is 4.79. The molecule has 3 heteroatoms.